The predicted octanol–water partition coefficient (Wildman–Crippen LogP) is 3.29. The Morgan fingerprint density at radius 3 is 1.85 bits per heavy atom. The number of carboxylic acids is 1. The van der Waals surface area contributed by atoms with Crippen molar-refractivity contribution in [2.24, 2.45) is 11.5 Å². The molecule has 1 heterocycles. The van der Waals surface area contributed by atoms with Gasteiger partial charge in [0.1, 0.15) is 11.6 Å². The van der Waals surface area contributed by atoms with E-state index in [1.807, 2.05) is 60.8 Å². The molecule has 3 aromatic carbocycles. The molecule has 0 radical (unpaired) electrons. The Morgan fingerprint density at radius 1 is 0.872 bits per heavy atom. The van der Waals surface area contributed by atoms with Crippen molar-refractivity contribution in [2.75, 3.05) is 6.54 Å². The minimum atomic E-state index is -1.09. The molecule has 202 valence electrons. The average Bonchev–Trinajstić information content (AvgIpc) is 3.43. The Bertz CT molecular complexity index is 1250. The first-order valence-electron chi connectivity index (χ1n) is 13.2. The quantitative estimate of drug-likeness (QED) is 0.156. The van der Waals surface area contributed by atoms with Gasteiger partial charge < -0.3 is 26.5 Å². The molecule has 0 unspecified atom stereocenters. The van der Waals surface area contributed by atoms with Gasteiger partial charge in [0.25, 0.3) is 0 Å². The first-order chi connectivity index (χ1) is 19.0. The van der Waals surface area contributed by atoms with E-state index in [1.54, 1.807) is 6.33 Å². The molecule has 1 amide bonds. The zero-order chi connectivity index (χ0) is 27.7. The van der Waals surface area contributed by atoms with E-state index in [4.69, 9.17) is 11.5 Å². The van der Waals surface area contributed by atoms with E-state index in [9.17, 15) is 14.7 Å². The molecule has 2 atom stereocenters. The number of hydrogen-bond acceptors (Lipinski definition) is 5. The number of unbranched alkanes of at least 4 members (excludes halogenated alkanes) is 1. The third-order valence-corrected chi connectivity index (χ3v) is 6.93. The Kier molecular flexibility index (Phi) is 9.25. The summed E-state index contributed by atoms with van der Waals surface area (Å²) in [5.41, 5.74) is 14.8. The second kappa shape index (κ2) is 13.0. The van der Waals surface area contributed by atoms with E-state index in [1.165, 1.54) is 0 Å². The van der Waals surface area contributed by atoms with E-state index in [0.717, 1.165) is 16.7 Å². The number of carbonyl (C=O) groups excluding carboxylic acids is 1. The highest BCUT2D eigenvalue weighted by Crippen LogP contribution is 2.40. The molecule has 6 N–H and O–H groups in total. The number of imidazole rings is 1. The summed E-state index contributed by atoms with van der Waals surface area (Å²) in [5.74, 6) is -1.61. The van der Waals surface area contributed by atoms with Crippen LogP contribution in [0.25, 0.3) is 0 Å². The molecule has 0 aliphatic carbocycles. The SMILES string of the molecule is NCCCC[C@H](NC(=O)[C@@H](N)Cc1cn(C(c2ccccc2)(c2ccccc2)c2ccccc2)cn1)C(=O)O. The van der Waals surface area contributed by atoms with Crippen LogP contribution in [0.2, 0.25) is 0 Å². The summed E-state index contributed by atoms with van der Waals surface area (Å²) in [5, 5.41) is 12.1. The lowest BCUT2D eigenvalue weighted by molar-refractivity contribution is -0.142. The van der Waals surface area contributed by atoms with E-state index < -0.39 is 29.5 Å². The van der Waals surface area contributed by atoms with Crippen LogP contribution in [0.3, 0.4) is 0 Å². The maximum atomic E-state index is 12.8. The number of carboxylic acid groups (broad SMARTS) is 1. The van der Waals surface area contributed by atoms with Gasteiger partial charge in [0.15, 0.2) is 0 Å². The van der Waals surface area contributed by atoms with Crippen LogP contribution in [0.1, 0.15) is 41.6 Å². The van der Waals surface area contributed by atoms with Crippen molar-refractivity contribution < 1.29 is 14.7 Å². The highest BCUT2D eigenvalue weighted by atomic mass is 16.4. The van der Waals surface area contributed by atoms with Gasteiger partial charge in [0.05, 0.1) is 18.1 Å². The largest absolute Gasteiger partial charge is 0.480 e. The predicted molar refractivity (Wildman–Crippen MR) is 151 cm³/mol. The molecule has 0 saturated heterocycles. The van der Waals surface area contributed by atoms with Crippen molar-refractivity contribution in [1.29, 1.82) is 0 Å². The van der Waals surface area contributed by atoms with E-state index in [-0.39, 0.29) is 6.42 Å². The van der Waals surface area contributed by atoms with Crippen molar-refractivity contribution in [2.45, 2.75) is 43.3 Å². The molecule has 0 spiro atoms. The summed E-state index contributed by atoms with van der Waals surface area (Å²) in [4.78, 5) is 29.1. The number of nitrogens with one attached hydrogen (secondary N) is 1. The first-order valence-corrected chi connectivity index (χ1v) is 13.2. The fourth-order valence-corrected chi connectivity index (χ4v) is 4.98. The van der Waals surface area contributed by atoms with Gasteiger partial charge in [-0.25, -0.2) is 9.78 Å². The topological polar surface area (TPSA) is 136 Å². The molecule has 4 rings (SSSR count). The van der Waals surface area contributed by atoms with Crippen molar-refractivity contribution in [1.82, 2.24) is 14.9 Å². The van der Waals surface area contributed by atoms with E-state index >= 15 is 0 Å². The summed E-state index contributed by atoms with van der Waals surface area (Å²) in [7, 11) is 0. The summed E-state index contributed by atoms with van der Waals surface area (Å²) in [6, 6.07) is 28.6. The number of carbonyl (C=O) groups is 2. The van der Waals surface area contributed by atoms with Gasteiger partial charge in [0, 0.05) is 12.6 Å². The highest BCUT2D eigenvalue weighted by Gasteiger charge is 2.38. The lowest BCUT2D eigenvalue weighted by Crippen LogP contribution is -2.49. The Balaban J connectivity index is 1.66. The van der Waals surface area contributed by atoms with Crippen LogP contribution in [0.4, 0.5) is 0 Å². The van der Waals surface area contributed by atoms with Crippen LogP contribution in [-0.4, -0.2) is 45.2 Å². The number of amides is 1. The molecular formula is C31H35N5O3. The number of benzene rings is 3. The molecular weight excluding hydrogens is 490 g/mol. The van der Waals surface area contributed by atoms with Crippen molar-refractivity contribution in [3.05, 3.63) is 126 Å². The van der Waals surface area contributed by atoms with Crippen LogP contribution in [0, 0.1) is 0 Å². The minimum absolute atomic E-state index is 0.155. The third-order valence-electron chi connectivity index (χ3n) is 6.93. The van der Waals surface area contributed by atoms with E-state index in [0.29, 0.717) is 31.5 Å². The summed E-state index contributed by atoms with van der Waals surface area (Å²) < 4.78 is 2.06. The van der Waals surface area contributed by atoms with Gasteiger partial charge in [-0.1, -0.05) is 91.0 Å². The smallest absolute Gasteiger partial charge is 0.326 e. The van der Waals surface area contributed by atoms with Gasteiger partial charge in [-0.15, -0.1) is 0 Å². The van der Waals surface area contributed by atoms with Gasteiger partial charge in [-0.05, 0) is 42.5 Å². The second-order valence-corrected chi connectivity index (χ2v) is 9.58. The molecule has 0 saturated carbocycles. The highest BCUT2D eigenvalue weighted by molar-refractivity contribution is 5.86. The van der Waals surface area contributed by atoms with Crippen molar-refractivity contribution >= 4 is 11.9 Å². The van der Waals surface area contributed by atoms with Crippen molar-refractivity contribution in [3.8, 4) is 0 Å². The van der Waals surface area contributed by atoms with E-state index in [2.05, 4.69) is 51.3 Å². The molecule has 4 aromatic rings. The minimum Gasteiger partial charge on any atom is -0.480 e. The Hall–Kier alpha value is -4.27. The number of aliphatic carboxylic acids is 1. The van der Waals surface area contributed by atoms with Crippen LogP contribution in [0.5, 0.6) is 0 Å². The second-order valence-electron chi connectivity index (χ2n) is 9.58. The van der Waals surface area contributed by atoms with Crippen molar-refractivity contribution in [3.63, 3.8) is 0 Å². The standard InChI is InChI=1S/C31H35N5O3/c32-19-11-10-18-28(30(38)39)35-29(37)27(33)20-26-21-36(22-34-26)31(23-12-4-1-5-13-23,24-14-6-2-7-15-24)25-16-8-3-9-17-25/h1-9,12-17,21-22,27-28H,10-11,18-20,32-33H2,(H,35,37)(H,38,39)/t27-,28-/m0/s1. The monoisotopic (exact) mass is 525 g/mol. The molecule has 8 nitrogen and oxygen atoms in total. The maximum Gasteiger partial charge on any atom is 0.326 e. The summed E-state index contributed by atoms with van der Waals surface area (Å²) in [6.07, 6.45) is 5.43. The number of rotatable bonds is 13. The van der Waals surface area contributed by atoms with Gasteiger partial charge in [0.2, 0.25) is 5.91 Å². The van der Waals surface area contributed by atoms with Gasteiger partial charge in [-0.2, -0.15) is 0 Å². The Morgan fingerprint density at radius 2 is 1.38 bits per heavy atom. The molecule has 1 aromatic heterocycles. The van der Waals surface area contributed by atoms with Gasteiger partial charge >= 0.3 is 5.97 Å². The molecule has 0 fully saturated rings. The van der Waals surface area contributed by atoms with Crippen LogP contribution >= 0.6 is 0 Å². The first kappa shape index (κ1) is 27.8. The maximum absolute atomic E-state index is 12.8. The third kappa shape index (κ3) is 6.25. The zero-order valence-electron chi connectivity index (χ0n) is 21.8. The van der Waals surface area contributed by atoms with Crippen LogP contribution < -0.4 is 16.8 Å². The molecule has 39 heavy (non-hydrogen) atoms. The fourth-order valence-electron chi connectivity index (χ4n) is 4.98. The van der Waals surface area contributed by atoms with Crippen LogP contribution in [-0.2, 0) is 21.5 Å². The molecule has 0 aliphatic rings. The summed E-state index contributed by atoms with van der Waals surface area (Å²) >= 11 is 0. The lowest BCUT2D eigenvalue weighted by atomic mass is 9.77. The fraction of sp³-hybridized carbons (Fsp3) is 0.258. The number of hydrogen-bond donors (Lipinski definition) is 4. The Labute approximate surface area is 228 Å². The van der Waals surface area contributed by atoms with Gasteiger partial charge in [-0.3, -0.25) is 4.79 Å². The lowest BCUT2D eigenvalue weighted by Gasteiger charge is -2.37. The number of aromatic nitrogens is 2. The molecule has 0 aliphatic heterocycles. The number of nitrogens with two attached hydrogens (primary N) is 2. The number of nitrogens with zero attached hydrogens (tertiary/aromatic N) is 2. The van der Waals surface area contributed by atoms with Crippen LogP contribution in [0.15, 0.2) is 104 Å². The summed E-state index contributed by atoms with van der Waals surface area (Å²) in [6.45, 7) is 0.471. The average molecular weight is 526 g/mol. The molecule has 0 bridgehead atoms. The normalized spacial score (nSPS) is 13.0. The molecule has 8 heteroatoms. The zero-order valence-corrected chi connectivity index (χ0v) is 21.8.